The van der Waals surface area contributed by atoms with Gasteiger partial charge in [0.05, 0.1) is 18.8 Å². The fourth-order valence-electron chi connectivity index (χ4n) is 2.09. The zero-order chi connectivity index (χ0) is 15.2. The van der Waals surface area contributed by atoms with Gasteiger partial charge in [-0.15, -0.1) is 0 Å². The van der Waals surface area contributed by atoms with Crippen LogP contribution in [0.2, 0.25) is 0 Å². The third kappa shape index (κ3) is 4.24. The van der Waals surface area contributed by atoms with Crippen LogP contribution < -0.4 is 0 Å². The summed E-state index contributed by atoms with van der Waals surface area (Å²) in [6.07, 6.45) is 0.713. The van der Waals surface area contributed by atoms with Crippen molar-refractivity contribution in [2.75, 3.05) is 13.2 Å². The molecule has 0 aliphatic heterocycles. The Morgan fingerprint density at radius 1 is 1.05 bits per heavy atom. The lowest BCUT2D eigenvalue weighted by atomic mass is 10.0. The maximum atomic E-state index is 11.0. The zero-order valence-electron chi connectivity index (χ0n) is 12.2. The van der Waals surface area contributed by atoms with Gasteiger partial charge in [0.15, 0.2) is 8.38 Å². The monoisotopic (exact) mass is 306 g/mol. The Bertz CT molecular complexity index is 621. The molecule has 0 heterocycles. The first-order chi connectivity index (χ1) is 10.1. The summed E-state index contributed by atoms with van der Waals surface area (Å²) < 4.78 is 11.2. The first kappa shape index (κ1) is 15.9. The molecule has 21 heavy (non-hydrogen) atoms. The summed E-state index contributed by atoms with van der Waals surface area (Å²) in [4.78, 5) is 11.0. The van der Waals surface area contributed by atoms with E-state index in [0.29, 0.717) is 24.9 Å². The Labute approximate surface area is 125 Å². The largest absolute Gasteiger partial charge is 0.478 e. The molecule has 4 nitrogen and oxygen atoms in total. The Hall–Kier alpha value is -1.48. The summed E-state index contributed by atoms with van der Waals surface area (Å²) in [5.74, 6) is -0.909. The van der Waals surface area contributed by atoms with E-state index in [0.717, 1.165) is 16.3 Å². The first-order valence-corrected chi connectivity index (χ1v) is 8.29. The normalized spacial score (nSPS) is 11.2. The molecule has 0 amide bonds. The van der Waals surface area contributed by atoms with Crippen molar-refractivity contribution < 1.29 is 18.9 Å². The van der Waals surface area contributed by atoms with E-state index in [1.807, 2.05) is 38.1 Å². The number of benzene rings is 2. The standard InChI is InChI=1S/C16H19O4P/c1-3-19-21(20-4-2)11-12-5-6-13-7-8-14(16(17)18)10-15(13)9-12/h5-10H,3-4,11H2,1-2H3,(H,17,18). The van der Waals surface area contributed by atoms with Gasteiger partial charge in [-0.25, -0.2) is 4.79 Å². The molecule has 2 aromatic rings. The van der Waals surface area contributed by atoms with Gasteiger partial charge in [0.1, 0.15) is 0 Å². The predicted octanol–water partition coefficient (Wildman–Crippen LogP) is 4.42. The highest BCUT2D eigenvalue weighted by molar-refractivity contribution is 7.46. The summed E-state index contributed by atoms with van der Waals surface area (Å²) in [7, 11) is -0.929. The fourth-order valence-corrected chi connectivity index (χ4v) is 3.42. The molecular weight excluding hydrogens is 287 g/mol. The van der Waals surface area contributed by atoms with Crippen LogP contribution in [0.25, 0.3) is 10.8 Å². The van der Waals surface area contributed by atoms with Gasteiger partial charge in [-0.2, -0.15) is 0 Å². The van der Waals surface area contributed by atoms with Crippen LogP contribution in [0.3, 0.4) is 0 Å². The van der Waals surface area contributed by atoms with Gasteiger partial charge in [0, 0.05) is 6.16 Å². The van der Waals surface area contributed by atoms with Crippen LogP contribution in [0.15, 0.2) is 36.4 Å². The molecule has 0 unspecified atom stereocenters. The van der Waals surface area contributed by atoms with Crippen LogP contribution in [0.4, 0.5) is 0 Å². The smallest absolute Gasteiger partial charge is 0.335 e. The molecule has 0 aliphatic rings. The Morgan fingerprint density at radius 3 is 2.33 bits per heavy atom. The van der Waals surface area contributed by atoms with E-state index in [1.54, 1.807) is 12.1 Å². The van der Waals surface area contributed by atoms with Crippen molar-refractivity contribution in [2.24, 2.45) is 0 Å². The topological polar surface area (TPSA) is 55.8 Å². The van der Waals surface area contributed by atoms with Gasteiger partial charge < -0.3 is 14.2 Å². The van der Waals surface area contributed by atoms with E-state index >= 15 is 0 Å². The lowest BCUT2D eigenvalue weighted by molar-refractivity contribution is 0.0697. The molecule has 0 saturated carbocycles. The average Bonchev–Trinajstić information content (AvgIpc) is 2.47. The summed E-state index contributed by atoms with van der Waals surface area (Å²) in [5.41, 5.74) is 1.40. The summed E-state index contributed by atoms with van der Waals surface area (Å²) >= 11 is 0. The maximum absolute atomic E-state index is 11.0. The van der Waals surface area contributed by atoms with E-state index in [-0.39, 0.29) is 0 Å². The molecule has 2 aromatic carbocycles. The van der Waals surface area contributed by atoms with Crippen LogP contribution in [0.1, 0.15) is 29.8 Å². The van der Waals surface area contributed by atoms with Crippen molar-refractivity contribution in [1.29, 1.82) is 0 Å². The van der Waals surface area contributed by atoms with E-state index in [9.17, 15) is 4.79 Å². The number of hydrogen-bond donors (Lipinski definition) is 1. The number of carboxylic acid groups (broad SMARTS) is 1. The van der Waals surface area contributed by atoms with E-state index in [4.69, 9.17) is 14.2 Å². The molecule has 0 aliphatic carbocycles. The second kappa shape index (κ2) is 7.51. The molecule has 5 heteroatoms. The molecule has 0 aromatic heterocycles. The number of hydrogen-bond acceptors (Lipinski definition) is 3. The van der Waals surface area contributed by atoms with Crippen LogP contribution in [-0.2, 0) is 15.2 Å². The van der Waals surface area contributed by atoms with Crippen LogP contribution in [-0.4, -0.2) is 24.3 Å². The highest BCUT2D eigenvalue weighted by Crippen LogP contribution is 2.42. The van der Waals surface area contributed by atoms with Crippen LogP contribution in [0, 0.1) is 0 Å². The number of carbonyl (C=O) groups is 1. The Balaban J connectivity index is 2.25. The van der Waals surface area contributed by atoms with Crippen molar-refractivity contribution in [2.45, 2.75) is 20.0 Å². The maximum Gasteiger partial charge on any atom is 0.335 e. The second-order valence-corrected chi connectivity index (χ2v) is 6.03. The van der Waals surface area contributed by atoms with Crippen molar-refractivity contribution in [1.82, 2.24) is 0 Å². The fraction of sp³-hybridized carbons (Fsp3) is 0.312. The molecule has 0 fully saturated rings. The highest BCUT2D eigenvalue weighted by atomic mass is 31.2. The number of aromatic carboxylic acids is 1. The molecule has 0 radical (unpaired) electrons. The Morgan fingerprint density at radius 2 is 1.71 bits per heavy atom. The van der Waals surface area contributed by atoms with Crippen LogP contribution >= 0.6 is 8.38 Å². The molecule has 112 valence electrons. The van der Waals surface area contributed by atoms with E-state index in [2.05, 4.69) is 0 Å². The molecule has 0 atom stereocenters. The van der Waals surface area contributed by atoms with Crippen molar-refractivity contribution in [3.63, 3.8) is 0 Å². The third-order valence-corrected chi connectivity index (χ3v) is 4.73. The number of fused-ring (bicyclic) bond motifs is 1. The van der Waals surface area contributed by atoms with Gasteiger partial charge >= 0.3 is 5.97 Å². The molecular formula is C16H19O4P. The Kier molecular flexibility index (Phi) is 5.68. The van der Waals surface area contributed by atoms with Gasteiger partial charge in [0.2, 0.25) is 0 Å². The third-order valence-electron chi connectivity index (χ3n) is 3.01. The summed E-state index contributed by atoms with van der Waals surface area (Å²) in [6.45, 7) is 5.16. The van der Waals surface area contributed by atoms with E-state index in [1.165, 1.54) is 0 Å². The predicted molar refractivity (Wildman–Crippen MR) is 84.8 cm³/mol. The quantitative estimate of drug-likeness (QED) is 0.769. The summed E-state index contributed by atoms with van der Waals surface area (Å²) in [5, 5.41) is 11.0. The van der Waals surface area contributed by atoms with Gasteiger partial charge in [-0.1, -0.05) is 24.3 Å². The first-order valence-electron chi connectivity index (χ1n) is 6.93. The minimum atomic E-state index is -0.929. The molecule has 0 spiro atoms. The molecule has 1 N–H and O–H groups in total. The lowest BCUT2D eigenvalue weighted by Crippen LogP contribution is -1.96. The summed E-state index contributed by atoms with van der Waals surface area (Å²) in [6, 6.07) is 11.2. The number of rotatable bonds is 7. The molecule has 2 rings (SSSR count). The SMILES string of the molecule is CCOP(Cc1ccc2ccc(C(=O)O)cc2c1)OCC. The second-order valence-electron chi connectivity index (χ2n) is 4.53. The van der Waals surface area contributed by atoms with E-state index < -0.39 is 14.3 Å². The van der Waals surface area contributed by atoms with Gasteiger partial charge in [-0.3, -0.25) is 0 Å². The highest BCUT2D eigenvalue weighted by Gasteiger charge is 2.11. The van der Waals surface area contributed by atoms with Crippen LogP contribution in [0.5, 0.6) is 0 Å². The average molecular weight is 306 g/mol. The minimum Gasteiger partial charge on any atom is -0.478 e. The van der Waals surface area contributed by atoms with Crippen molar-refractivity contribution in [3.05, 3.63) is 47.5 Å². The van der Waals surface area contributed by atoms with Gasteiger partial charge in [-0.05, 0) is 42.3 Å². The number of carboxylic acids is 1. The molecule has 0 saturated heterocycles. The van der Waals surface area contributed by atoms with Gasteiger partial charge in [0.25, 0.3) is 0 Å². The molecule has 0 bridgehead atoms. The minimum absolute atomic E-state index is 0.302. The zero-order valence-corrected chi connectivity index (χ0v) is 13.1. The van der Waals surface area contributed by atoms with Crippen molar-refractivity contribution in [3.8, 4) is 0 Å². The van der Waals surface area contributed by atoms with Crippen molar-refractivity contribution >= 4 is 25.1 Å². The lowest BCUT2D eigenvalue weighted by Gasteiger charge is -2.16.